The first-order valence-corrected chi connectivity index (χ1v) is 23.6. The van der Waals surface area contributed by atoms with Gasteiger partial charge in [0, 0.05) is 35.5 Å². The van der Waals surface area contributed by atoms with E-state index in [1.807, 2.05) is 0 Å². The molecule has 0 aromatic rings. The van der Waals surface area contributed by atoms with Crippen LogP contribution in [-0.2, 0) is 28.6 Å². The summed E-state index contributed by atoms with van der Waals surface area (Å²) in [5.74, 6) is 0.960. The van der Waals surface area contributed by atoms with Crippen LogP contribution in [0.4, 0.5) is 0 Å². The highest BCUT2D eigenvalue weighted by atomic mass is 16.5. The maximum atomic E-state index is 13.6. The first kappa shape index (κ1) is 49.5. The van der Waals surface area contributed by atoms with Crippen LogP contribution in [0.15, 0.2) is 0 Å². The molecule has 7 nitrogen and oxygen atoms in total. The number of nitrogens with zero attached hydrogens (tertiary/aromatic N) is 1. The monoisotopic (exact) mass is 776 g/mol. The quantitative estimate of drug-likeness (QED) is 0.0382. The van der Waals surface area contributed by atoms with E-state index in [0.29, 0.717) is 56.8 Å². The Balaban J connectivity index is 2.16. The van der Waals surface area contributed by atoms with E-state index in [-0.39, 0.29) is 34.2 Å². The van der Waals surface area contributed by atoms with Crippen LogP contribution in [0.25, 0.3) is 0 Å². The van der Waals surface area contributed by atoms with Crippen molar-refractivity contribution in [2.24, 2.45) is 34.0 Å². The van der Waals surface area contributed by atoms with Crippen LogP contribution < -0.4 is 0 Å². The highest BCUT2D eigenvalue weighted by Gasteiger charge is 2.55. The van der Waals surface area contributed by atoms with Gasteiger partial charge in [-0.1, -0.05) is 132 Å². The minimum absolute atomic E-state index is 0.0506. The maximum Gasteiger partial charge on any atom is 0.306 e. The summed E-state index contributed by atoms with van der Waals surface area (Å²) in [6.07, 6.45) is 25.7. The van der Waals surface area contributed by atoms with E-state index < -0.39 is 0 Å². The van der Waals surface area contributed by atoms with Gasteiger partial charge in [-0.2, -0.15) is 0 Å². The van der Waals surface area contributed by atoms with Crippen LogP contribution in [0.2, 0.25) is 0 Å². The molecular formula is C48H89NO6. The van der Waals surface area contributed by atoms with Crippen molar-refractivity contribution in [1.82, 2.24) is 4.90 Å². The smallest absolute Gasteiger partial charge is 0.306 e. The van der Waals surface area contributed by atoms with Crippen LogP contribution in [0.3, 0.4) is 0 Å². The molecule has 322 valence electrons. The Morgan fingerprint density at radius 2 is 0.945 bits per heavy atom. The largest absolute Gasteiger partial charge is 0.465 e. The molecule has 0 amide bonds. The zero-order chi connectivity index (χ0) is 40.6. The Morgan fingerprint density at radius 1 is 0.545 bits per heavy atom. The lowest BCUT2D eigenvalue weighted by Crippen LogP contribution is -2.52. The molecule has 0 saturated heterocycles. The maximum absolute atomic E-state index is 13.6. The second-order valence-electron chi connectivity index (χ2n) is 19.2. The molecule has 2 fully saturated rings. The molecule has 0 N–H and O–H groups in total. The molecule has 2 aliphatic carbocycles. The van der Waals surface area contributed by atoms with Crippen LogP contribution in [0, 0.1) is 34.0 Å². The average molecular weight is 776 g/mol. The molecule has 0 aromatic heterocycles. The number of hydrogen-bond acceptors (Lipinski definition) is 7. The van der Waals surface area contributed by atoms with Crippen molar-refractivity contribution < 1.29 is 28.6 Å². The third-order valence-electron chi connectivity index (χ3n) is 13.1. The first-order valence-electron chi connectivity index (χ1n) is 23.6. The summed E-state index contributed by atoms with van der Waals surface area (Å²) < 4.78 is 18.5. The van der Waals surface area contributed by atoms with E-state index in [2.05, 4.69) is 60.3 Å². The normalized spacial score (nSPS) is 23.7. The van der Waals surface area contributed by atoms with Crippen molar-refractivity contribution in [3.8, 4) is 0 Å². The predicted octanol–water partition coefficient (Wildman–Crippen LogP) is 12.7. The summed E-state index contributed by atoms with van der Waals surface area (Å²) in [6, 6.07) is 0. The second kappa shape index (κ2) is 27.1. The van der Waals surface area contributed by atoms with Crippen LogP contribution >= 0.6 is 0 Å². The minimum atomic E-state index is -0.231. The number of rotatable bonds is 32. The zero-order valence-electron chi connectivity index (χ0n) is 37.5. The van der Waals surface area contributed by atoms with E-state index >= 15 is 0 Å². The van der Waals surface area contributed by atoms with Gasteiger partial charge in [-0.25, -0.2) is 0 Å². The Morgan fingerprint density at radius 3 is 1.35 bits per heavy atom. The van der Waals surface area contributed by atoms with Crippen molar-refractivity contribution in [2.45, 2.75) is 216 Å². The summed E-state index contributed by atoms with van der Waals surface area (Å²) in [7, 11) is 0. The zero-order valence-corrected chi connectivity index (χ0v) is 37.5. The molecule has 0 spiro atoms. The standard InChI is InChI=1S/C48H89NO6/c1-9-15-19-24-40(25-20-16-10-2)30-44(51)54-38-47(8)33-42-32-46(7,37-53-43(50)28-23-29-49(13-5)14-6)35-48(34-42,36-47)39-55-45(52)31-41(26-21-17-11-3)27-22-18-12-4/h40-42H,9-39H2,1-8H3. The SMILES string of the molecule is CCCCCC(CCCCC)CC(=O)OCC1(C)CC2CC(C)(COC(=O)CCCN(CC)CC)CC(COC(=O)CC(CCCCC)CCCCC)(C2)C1. The second-order valence-corrected chi connectivity index (χ2v) is 19.2. The number of unbranched alkanes of at least 4 members (excludes halogenated alkanes) is 8. The van der Waals surface area contributed by atoms with Gasteiger partial charge in [0.15, 0.2) is 0 Å². The number of carbonyl (C=O) groups is 3. The fourth-order valence-electron chi connectivity index (χ4n) is 10.6. The van der Waals surface area contributed by atoms with E-state index in [0.717, 1.165) is 83.8 Å². The van der Waals surface area contributed by atoms with Gasteiger partial charge in [-0.15, -0.1) is 0 Å². The third-order valence-corrected chi connectivity index (χ3v) is 13.1. The van der Waals surface area contributed by atoms with E-state index in [4.69, 9.17) is 14.2 Å². The molecule has 0 radical (unpaired) electrons. The summed E-state index contributed by atoms with van der Waals surface area (Å²) in [5.41, 5.74) is -0.601. The molecule has 0 heterocycles. The van der Waals surface area contributed by atoms with Gasteiger partial charge in [0.25, 0.3) is 0 Å². The molecule has 4 atom stereocenters. The fourth-order valence-corrected chi connectivity index (χ4v) is 10.6. The lowest BCUT2D eigenvalue weighted by molar-refractivity contribution is -0.169. The summed E-state index contributed by atoms with van der Waals surface area (Å²) >= 11 is 0. The Labute approximate surface area is 339 Å². The molecular weight excluding hydrogens is 687 g/mol. The van der Waals surface area contributed by atoms with Crippen molar-refractivity contribution in [3.05, 3.63) is 0 Å². The summed E-state index contributed by atoms with van der Waals surface area (Å²) in [6.45, 7) is 21.9. The number of hydrogen-bond donors (Lipinski definition) is 0. The van der Waals surface area contributed by atoms with E-state index in [1.54, 1.807) is 0 Å². The summed E-state index contributed by atoms with van der Waals surface area (Å²) in [5, 5.41) is 0. The van der Waals surface area contributed by atoms with Gasteiger partial charge in [0.2, 0.25) is 0 Å². The van der Waals surface area contributed by atoms with Gasteiger partial charge in [-0.05, 0) is 102 Å². The van der Waals surface area contributed by atoms with Crippen LogP contribution in [-0.4, -0.2) is 62.3 Å². The van der Waals surface area contributed by atoms with E-state index in [1.165, 1.54) is 77.0 Å². The first-order chi connectivity index (χ1) is 26.4. The summed E-state index contributed by atoms with van der Waals surface area (Å²) in [4.78, 5) is 42.3. The molecule has 2 saturated carbocycles. The lowest BCUT2D eigenvalue weighted by Gasteiger charge is -2.57. The molecule has 2 bridgehead atoms. The Bertz CT molecular complexity index is 1040. The van der Waals surface area contributed by atoms with Gasteiger partial charge in [0.1, 0.15) is 0 Å². The number of carbonyl (C=O) groups excluding carboxylic acids is 3. The molecule has 0 aromatic carbocycles. The topological polar surface area (TPSA) is 82.1 Å². The number of fused-ring (bicyclic) bond motifs is 2. The lowest BCUT2D eigenvalue weighted by atomic mass is 9.49. The van der Waals surface area contributed by atoms with Crippen molar-refractivity contribution in [3.63, 3.8) is 0 Å². The van der Waals surface area contributed by atoms with Gasteiger partial charge in [-0.3, -0.25) is 14.4 Å². The molecule has 7 heteroatoms. The molecule has 0 aliphatic heterocycles. The number of esters is 3. The highest BCUT2D eigenvalue weighted by molar-refractivity contribution is 5.70. The Hall–Kier alpha value is -1.63. The minimum Gasteiger partial charge on any atom is -0.465 e. The predicted molar refractivity (Wildman–Crippen MR) is 228 cm³/mol. The third kappa shape index (κ3) is 20.1. The van der Waals surface area contributed by atoms with Gasteiger partial charge in [0.05, 0.1) is 19.8 Å². The average Bonchev–Trinajstić information content (AvgIpc) is 3.14. The van der Waals surface area contributed by atoms with E-state index in [9.17, 15) is 14.4 Å². The van der Waals surface area contributed by atoms with Crippen LogP contribution in [0.1, 0.15) is 216 Å². The fraction of sp³-hybridized carbons (Fsp3) is 0.938. The van der Waals surface area contributed by atoms with Crippen LogP contribution in [0.5, 0.6) is 0 Å². The van der Waals surface area contributed by atoms with Crippen molar-refractivity contribution in [2.75, 3.05) is 39.5 Å². The molecule has 55 heavy (non-hydrogen) atoms. The molecule has 4 unspecified atom stereocenters. The Kier molecular flexibility index (Phi) is 24.4. The van der Waals surface area contributed by atoms with Gasteiger partial charge >= 0.3 is 17.9 Å². The molecule has 2 rings (SSSR count). The van der Waals surface area contributed by atoms with Crippen molar-refractivity contribution in [1.29, 1.82) is 0 Å². The van der Waals surface area contributed by atoms with Gasteiger partial charge < -0.3 is 19.1 Å². The highest BCUT2D eigenvalue weighted by Crippen LogP contribution is 2.60. The van der Waals surface area contributed by atoms with Crippen molar-refractivity contribution >= 4 is 17.9 Å². The number of ether oxygens (including phenoxy) is 3. The molecule has 2 aliphatic rings.